The molecule has 0 saturated heterocycles. The highest BCUT2D eigenvalue weighted by molar-refractivity contribution is 5.69. The maximum Gasteiger partial charge on any atom is 0.305 e. The van der Waals surface area contributed by atoms with Crippen LogP contribution >= 0.6 is 0 Å². The number of unbranched alkanes of at least 4 members (excludes halogenated alkanes) is 15. The fourth-order valence-electron chi connectivity index (χ4n) is 5.07. The first-order valence-electron chi connectivity index (χ1n) is 20.7. The summed E-state index contributed by atoms with van der Waals surface area (Å²) in [5.74, 6) is -0.136. The number of ether oxygens (including phenoxy) is 10. The molecule has 51 heavy (non-hydrogen) atoms. The van der Waals surface area contributed by atoms with Gasteiger partial charge in [-0.1, -0.05) is 110 Å². The Morgan fingerprint density at radius 2 is 0.510 bits per heavy atom. The summed E-state index contributed by atoms with van der Waals surface area (Å²) in [7, 11) is 0. The van der Waals surface area contributed by atoms with Crippen LogP contribution in [-0.2, 0) is 52.2 Å². The zero-order valence-corrected chi connectivity index (χ0v) is 33.2. The van der Waals surface area contributed by atoms with Crippen LogP contribution in [0.4, 0.5) is 0 Å². The minimum absolute atomic E-state index is 0.136. The Morgan fingerprint density at radius 3 is 0.824 bits per heavy atom. The molecule has 0 aliphatic carbocycles. The highest BCUT2D eigenvalue weighted by Crippen LogP contribution is 2.11. The number of rotatable bonds is 46. The molecule has 0 amide bonds. The summed E-state index contributed by atoms with van der Waals surface area (Å²) in [6.45, 7) is 14.5. The van der Waals surface area contributed by atoms with E-state index in [0.717, 1.165) is 25.9 Å². The Kier molecular flexibility index (Phi) is 46.3. The smallest absolute Gasteiger partial charge is 0.305 e. The Hall–Kier alpha value is -0.890. The molecule has 0 aromatic carbocycles. The second-order valence-electron chi connectivity index (χ2n) is 12.8. The third-order valence-electron chi connectivity index (χ3n) is 8.09. The largest absolute Gasteiger partial charge is 0.463 e. The quantitative estimate of drug-likeness (QED) is 0.0452. The molecule has 0 saturated carbocycles. The molecule has 0 radical (unpaired) electrons. The van der Waals surface area contributed by atoms with Crippen LogP contribution < -0.4 is 0 Å². The standard InChI is InChI=1S/C40H80O11/c1-3-5-7-9-11-12-13-15-17-19-21-42-22-23-43-24-25-44-26-27-45-28-29-46-30-31-47-32-33-48-34-35-49-36-37-50-38-39-51-40(41)20-18-16-14-10-8-6-4-2/h3-39H2,1-2H3. The molecule has 0 N–H and O–H groups in total. The normalized spacial score (nSPS) is 11.5. The van der Waals surface area contributed by atoms with Crippen molar-refractivity contribution in [3.63, 3.8) is 0 Å². The zero-order chi connectivity index (χ0) is 36.8. The summed E-state index contributed by atoms with van der Waals surface area (Å²) in [4.78, 5) is 11.7. The van der Waals surface area contributed by atoms with E-state index in [1.54, 1.807) is 0 Å². The minimum Gasteiger partial charge on any atom is -0.463 e. The summed E-state index contributed by atoms with van der Waals surface area (Å²) < 4.78 is 54.9. The van der Waals surface area contributed by atoms with Crippen molar-refractivity contribution in [3.05, 3.63) is 0 Å². The van der Waals surface area contributed by atoms with E-state index >= 15 is 0 Å². The van der Waals surface area contributed by atoms with Gasteiger partial charge in [-0.2, -0.15) is 0 Å². The molecule has 0 fully saturated rings. The summed E-state index contributed by atoms with van der Waals surface area (Å²) in [6.07, 6.45) is 22.2. The van der Waals surface area contributed by atoms with Gasteiger partial charge in [-0.25, -0.2) is 0 Å². The second kappa shape index (κ2) is 47.1. The molecule has 0 aliphatic heterocycles. The first-order valence-corrected chi connectivity index (χ1v) is 20.7. The summed E-state index contributed by atoms with van der Waals surface area (Å²) in [6, 6.07) is 0. The van der Waals surface area contributed by atoms with E-state index in [-0.39, 0.29) is 5.97 Å². The fraction of sp³-hybridized carbons (Fsp3) is 0.975. The van der Waals surface area contributed by atoms with E-state index in [4.69, 9.17) is 47.4 Å². The van der Waals surface area contributed by atoms with Gasteiger partial charge in [0.25, 0.3) is 0 Å². The maximum atomic E-state index is 11.7. The first kappa shape index (κ1) is 50.1. The summed E-state index contributed by atoms with van der Waals surface area (Å²) in [5, 5.41) is 0. The van der Waals surface area contributed by atoms with Crippen LogP contribution in [0.5, 0.6) is 0 Å². The Balaban J connectivity index is 3.09. The van der Waals surface area contributed by atoms with Gasteiger partial charge in [0, 0.05) is 13.0 Å². The topological polar surface area (TPSA) is 109 Å². The van der Waals surface area contributed by atoms with Crippen LogP contribution in [0, 0.1) is 0 Å². The molecule has 0 aromatic rings. The molecule has 0 spiro atoms. The molecule has 11 heteroatoms. The van der Waals surface area contributed by atoms with E-state index in [1.807, 2.05) is 0 Å². The van der Waals surface area contributed by atoms with Gasteiger partial charge in [-0.15, -0.1) is 0 Å². The number of hydrogen-bond donors (Lipinski definition) is 0. The molecule has 306 valence electrons. The molecule has 0 unspecified atom stereocenters. The predicted molar refractivity (Wildman–Crippen MR) is 203 cm³/mol. The maximum absolute atomic E-state index is 11.7. The van der Waals surface area contributed by atoms with Crippen molar-refractivity contribution in [1.82, 2.24) is 0 Å². The highest BCUT2D eigenvalue weighted by atomic mass is 16.6. The zero-order valence-electron chi connectivity index (χ0n) is 33.2. The molecular weight excluding hydrogens is 656 g/mol. The Bertz CT molecular complexity index is 642. The van der Waals surface area contributed by atoms with Gasteiger partial charge < -0.3 is 47.4 Å². The van der Waals surface area contributed by atoms with Gasteiger partial charge in [-0.05, 0) is 12.8 Å². The predicted octanol–water partition coefficient (Wildman–Crippen LogP) is 7.74. The van der Waals surface area contributed by atoms with Crippen molar-refractivity contribution in [2.24, 2.45) is 0 Å². The van der Waals surface area contributed by atoms with Crippen molar-refractivity contribution in [1.29, 1.82) is 0 Å². The summed E-state index contributed by atoms with van der Waals surface area (Å²) in [5.41, 5.74) is 0. The number of esters is 1. The third kappa shape index (κ3) is 47.1. The van der Waals surface area contributed by atoms with Gasteiger partial charge >= 0.3 is 5.97 Å². The lowest BCUT2D eigenvalue weighted by Crippen LogP contribution is -2.15. The van der Waals surface area contributed by atoms with Crippen molar-refractivity contribution in [2.45, 2.75) is 129 Å². The Labute approximate surface area is 312 Å². The lowest BCUT2D eigenvalue weighted by atomic mass is 10.1. The SMILES string of the molecule is CCCCCCCCCCCCOCCOCCOCCOCCOCCOCCOCCOCCOCCOC(=O)CCCCCCCCC. The lowest BCUT2D eigenvalue weighted by Gasteiger charge is -2.09. The summed E-state index contributed by atoms with van der Waals surface area (Å²) >= 11 is 0. The van der Waals surface area contributed by atoms with Gasteiger partial charge in [-0.3, -0.25) is 4.79 Å². The van der Waals surface area contributed by atoms with Crippen LogP contribution in [-0.4, -0.2) is 132 Å². The van der Waals surface area contributed by atoms with Gasteiger partial charge in [0.05, 0.1) is 112 Å². The van der Waals surface area contributed by atoms with Crippen LogP contribution in [0.1, 0.15) is 129 Å². The first-order chi connectivity index (χ1) is 25.3. The van der Waals surface area contributed by atoms with Gasteiger partial charge in [0.1, 0.15) is 6.61 Å². The van der Waals surface area contributed by atoms with Crippen molar-refractivity contribution in [2.75, 3.05) is 126 Å². The molecule has 0 rings (SSSR count). The van der Waals surface area contributed by atoms with E-state index in [2.05, 4.69) is 13.8 Å². The molecule has 0 aromatic heterocycles. The third-order valence-corrected chi connectivity index (χ3v) is 8.09. The molecule has 0 aliphatic rings. The van der Waals surface area contributed by atoms with Crippen molar-refractivity contribution >= 4 is 5.97 Å². The van der Waals surface area contributed by atoms with Crippen LogP contribution in [0.15, 0.2) is 0 Å². The van der Waals surface area contributed by atoms with E-state index in [1.165, 1.54) is 89.9 Å². The number of hydrogen-bond acceptors (Lipinski definition) is 11. The monoisotopic (exact) mass is 737 g/mol. The van der Waals surface area contributed by atoms with Crippen LogP contribution in [0.3, 0.4) is 0 Å². The van der Waals surface area contributed by atoms with E-state index in [0.29, 0.717) is 125 Å². The molecule has 0 atom stereocenters. The molecule has 11 nitrogen and oxygen atoms in total. The minimum atomic E-state index is -0.136. The lowest BCUT2D eigenvalue weighted by molar-refractivity contribution is -0.145. The number of carbonyl (C=O) groups excluding carboxylic acids is 1. The van der Waals surface area contributed by atoms with Crippen molar-refractivity contribution < 1.29 is 52.2 Å². The molecule has 0 bridgehead atoms. The fourth-order valence-corrected chi connectivity index (χ4v) is 5.07. The number of carbonyl (C=O) groups is 1. The van der Waals surface area contributed by atoms with Crippen LogP contribution in [0.25, 0.3) is 0 Å². The van der Waals surface area contributed by atoms with Crippen LogP contribution in [0.2, 0.25) is 0 Å². The van der Waals surface area contributed by atoms with E-state index in [9.17, 15) is 4.79 Å². The van der Waals surface area contributed by atoms with E-state index < -0.39 is 0 Å². The van der Waals surface area contributed by atoms with Crippen molar-refractivity contribution in [3.8, 4) is 0 Å². The molecular formula is C40H80O11. The Morgan fingerprint density at radius 1 is 0.275 bits per heavy atom. The van der Waals surface area contributed by atoms with Gasteiger partial charge in [0.2, 0.25) is 0 Å². The average molecular weight is 737 g/mol. The second-order valence-corrected chi connectivity index (χ2v) is 12.8. The molecule has 0 heterocycles. The average Bonchev–Trinajstić information content (AvgIpc) is 3.14. The highest BCUT2D eigenvalue weighted by Gasteiger charge is 2.03. The van der Waals surface area contributed by atoms with Gasteiger partial charge in [0.15, 0.2) is 0 Å².